The van der Waals surface area contributed by atoms with Crippen molar-refractivity contribution in [3.63, 3.8) is 0 Å². The SMILES string of the molecule is CC#Cc1cc(N)c(F)c(C(C)(C)C)c1C(F)(F)F. The Labute approximate surface area is 109 Å². The molecule has 0 saturated heterocycles. The number of rotatable bonds is 0. The van der Waals surface area contributed by atoms with Crippen LogP contribution in [0.5, 0.6) is 0 Å². The van der Waals surface area contributed by atoms with Crippen LogP contribution in [0.1, 0.15) is 44.4 Å². The first-order chi connectivity index (χ1) is 8.50. The summed E-state index contributed by atoms with van der Waals surface area (Å²) < 4.78 is 53.6. The Hall–Kier alpha value is -1.70. The van der Waals surface area contributed by atoms with Gasteiger partial charge >= 0.3 is 6.18 Å². The molecule has 1 nitrogen and oxygen atoms in total. The van der Waals surface area contributed by atoms with E-state index in [-0.39, 0.29) is 11.3 Å². The van der Waals surface area contributed by atoms with Crippen molar-refractivity contribution in [1.82, 2.24) is 0 Å². The number of hydrogen-bond donors (Lipinski definition) is 1. The highest BCUT2D eigenvalue weighted by Crippen LogP contribution is 2.42. The minimum absolute atomic E-state index is 0.293. The van der Waals surface area contributed by atoms with Crippen LogP contribution < -0.4 is 5.73 Å². The number of benzene rings is 1. The van der Waals surface area contributed by atoms with Gasteiger partial charge in [0.15, 0.2) is 0 Å². The molecule has 0 heterocycles. The number of nitrogen functional groups attached to an aromatic ring is 1. The summed E-state index contributed by atoms with van der Waals surface area (Å²) in [5.74, 6) is 3.71. The highest BCUT2D eigenvalue weighted by Gasteiger charge is 2.41. The van der Waals surface area contributed by atoms with Crippen molar-refractivity contribution in [2.45, 2.75) is 39.3 Å². The molecule has 0 fully saturated rings. The van der Waals surface area contributed by atoms with Crippen LogP contribution in [0, 0.1) is 17.7 Å². The van der Waals surface area contributed by atoms with Gasteiger partial charge in [0.05, 0.1) is 11.3 Å². The maximum Gasteiger partial charge on any atom is 0.418 e. The van der Waals surface area contributed by atoms with Crippen molar-refractivity contribution in [2.75, 3.05) is 5.73 Å². The zero-order valence-electron chi connectivity index (χ0n) is 11.2. The Kier molecular flexibility index (Phi) is 3.85. The first-order valence-electron chi connectivity index (χ1n) is 5.62. The first-order valence-corrected chi connectivity index (χ1v) is 5.62. The van der Waals surface area contributed by atoms with Crippen LogP contribution in [0.4, 0.5) is 23.2 Å². The van der Waals surface area contributed by atoms with E-state index < -0.39 is 28.5 Å². The topological polar surface area (TPSA) is 26.0 Å². The summed E-state index contributed by atoms with van der Waals surface area (Å²) in [5.41, 5.74) is 2.31. The molecule has 0 saturated carbocycles. The standard InChI is InChI=1S/C14H15F4N/c1-5-6-8-7-9(19)12(15)11(13(2,3)4)10(8)14(16,17)18/h7H,19H2,1-4H3. The Bertz CT molecular complexity index is 554. The van der Waals surface area contributed by atoms with Gasteiger partial charge in [-0.05, 0) is 18.4 Å². The molecule has 0 bridgehead atoms. The van der Waals surface area contributed by atoms with E-state index >= 15 is 0 Å². The zero-order chi connectivity index (χ0) is 15.0. The van der Waals surface area contributed by atoms with Crippen LogP contribution in [-0.2, 0) is 11.6 Å². The number of hydrogen-bond acceptors (Lipinski definition) is 1. The second kappa shape index (κ2) is 4.76. The van der Waals surface area contributed by atoms with Gasteiger partial charge in [-0.2, -0.15) is 13.2 Å². The van der Waals surface area contributed by atoms with Crippen LogP contribution >= 0.6 is 0 Å². The molecular formula is C14H15F4N. The molecule has 19 heavy (non-hydrogen) atoms. The lowest BCUT2D eigenvalue weighted by Gasteiger charge is -2.26. The van der Waals surface area contributed by atoms with Crippen LogP contribution in [0.2, 0.25) is 0 Å². The summed E-state index contributed by atoms with van der Waals surface area (Å²) in [5, 5.41) is 0. The Morgan fingerprint density at radius 2 is 1.63 bits per heavy atom. The van der Waals surface area contributed by atoms with Crippen LogP contribution in [0.3, 0.4) is 0 Å². The van der Waals surface area contributed by atoms with E-state index in [0.717, 1.165) is 6.07 Å². The molecule has 0 amide bonds. The lowest BCUT2D eigenvalue weighted by molar-refractivity contribution is -0.139. The number of nitrogens with two attached hydrogens (primary N) is 1. The molecule has 2 N–H and O–H groups in total. The molecule has 0 aliphatic rings. The molecule has 0 radical (unpaired) electrons. The summed E-state index contributed by atoms with van der Waals surface area (Å²) in [6, 6.07) is 0.934. The van der Waals surface area contributed by atoms with E-state index in [1.54, 1.807) is 0 Å². The zero-order valence-corrected chi connectivity index (χ0v) is 11.2. The van der Waals surface area contributed by atoms with Gasteiger partial charge in [-0.15, -0.1) is 5.92 Å². The van der Waals surface area contributed by atoms with Gasteiger partial charge in [0.25, 0.3) is 0 Å². The van der Waals surface area contributed by atoms with Crippen molar-refractivity contribution in [2.24, 2.45) is 0 Å². The summed E-state index contributed by atoms with van der Waals surface area (Å²) in [6.45, 7) is 5.92. The fourth-order valence-electron chi connectivity index (χ4n) is 1.91. The highest BCUT2D eigenvalue weighted by atomic mass is 19.4. The average Bonchev–Trinajstić information content (AvgIpc) is 2.19. The molecule has 5 heteroatoms. The third-order valence-electron chi connectivity index (χ3n) is 2.59. The predicted molar refractivity (Wildman–Crippen MR) is 67.1 cm³/mol. The fourth-order valence-corrected chi connectivity index (χ4v) is 1.91. The molecule has 0 unspecified atom stereocenters. The Morgan fingerprint density at radius 1 is 1.11 bits per heavy atom. The summed E-state index contributed by atoms with van der Waals surface area (Å²) >= 11 is 0. The van der Waals surface area contributed by atoms with Gasteiger partial charge < -0.3 is 5.73 Å². The Balaban J connectivity index is 3.90. The molecule has 1 aromatic rings. The van der Waals surface area contributed by atoms with Crippen LogP contribution in [0.15, 0.2) is 6.07 Å². The van der Waals surface area contributed by atoms with Gasteiger partial charge in [0.2, 0.25) is 0 Å². The lowest BCUT2D eigenvalue weighted by Crippen LogP contribution is -2.24. The third kappa shape index (κ3) is 3.01. The maximum atomic E-state index is 14.0. The minimum atomic E-state index is -4.68. The Morgan fingerprint density at radius 3 is 2.00 bits per heavy atom. The van der Waals surface area contributed by atoms with Crippen LogP contribution in [-0.4, -0.2) is 0 Å². The smallest absolute Gasteiger partial charge is 0.396 e. The normalized spacial score (nSPS) is 12.0. The van der Waals surface area contributed by atoms with Crippen molar-refractivity contribution in [1.29, 1.82) is 0 Å². The van der Waals surface area contributed by atoms with E-state index in [0.29, 0.717) is 0 Å². The van der Waals surface area contributed by atoms with E-state index in [2.05, 4.69) is 11.8 Å². The van der Waals surface area contributed by atoms with Crippen molar-refractivity contribution >= 4 is 5.69 Å². The maximum absolute atomic E-state index is 14.0. The van der Waals surface area contributed by atoms with Crippen LogP contribution in [0.25, 0.3) is 0 Å². The summed E-state index contributed by atoms with van der Waals surface area (Å²) in [6.07, 6.45) is -4.68. The van der Waals surface area contributed by atoms with Gasteiger partial charge in [0.1, 0.15) is 5.82 Å². The number of anilines is 1. The molecule has 1 rings (SSSR count). The summed E-state index contributed by atoms with van der Waals surface area (Å²) in [7, 11) is 0. The van der Waals surface area contributed by atoms with E-state index in [1.165, 1.54) is 27.7 Å². The largest absolute Gasteiger partial charge is 0.418 e. The second-order valence-corrected chi connectivity index (χ2v) is 5.20. The van der Waals surface area contributed by atoms with Gasteiger partial charge in [-0.1, -0.05) is 26.7 Å². The molecule has 0 aromatic heterocycles. The molecule has 104 valence electrons. The summed E-state index contributed by atoms with van der Waals surface area (Å²) in [4.78, 5) is 0. The second-order valence-electron chi connectivity index (χ2n) is 5.20. The fraction of sp³-hybridized carbons (Fsp3) is 0.429. The average molecular weight is 273 g/mol. The van der Waals surface area contributed by atoms with Crippen molar-refractivity contribution in [3.05, 3.63) is 28.6 Å². The quantitative estimate of drug-likeness (QED) is 0.430. The molecule has 0 atom stereocenters. The third-order valence-corrected chi connectivity index (χ3v) is 2.59. The van der Waals surface area contributed by atoms with Gasteiger partial charge in [-0.25, -0.2) is 4.39 Å². The molecular weight excluding hydrogens is 258 g/mol. The lowest BCUT2D eigenvalue weighted by atomic mass is 9.81. The molecule has 1 aromatic carbocycles. The van der Waals surface area contributed by atoms with E-state index in [9.17, 15) is 17.6 Å². The molecule has 0 aliphatic heterocycles. The number of alkyl halides is 3. The highest BCUT2D eigenvalue weighted by molar-refractivity contribution is 5.59. The molecule has 0 aliphatic carbocycles. The van der Waals surface area contributed by atoms with Gasteiger partial charge in [-0.3, -0.25) is 0 Å². The molecule has 0 spiro atoms. The van der Waals surface area contributed by atoms with Crippen molar-refractivity contribution in [3.8, 4) is 11.8 Å². The van der Waals surface area contributed by atoms with E-state index in [4.69, 9.17) is 5.73 Å². The first kappa shape index (κ1) is 15.4. The van der Waals surface area contributed by atoms with E-state index in [1.807, 2.05) is 0 Å². The van der Waals surface area contributed by atoms with Crippen molar-refractivity contribution < 1.29 is 17.6 Å². The van der Waals surface area contributed by atoms with Gasteiger partial charge in [0, 0.05) is 11.1 Å². The minimum Gasteiger partial charge on any atom is -0.396 e. The number of halogens is 4. The predicted octanol–water partition coefficient (Wildman–Crippen LogP) is 4.10. The monoisotopic (exact) mass is 273 g/mol.